The molecule has 0 saturated carbocycles. The average molecular weight is 232 g/mol. The van der Waals surface area contributed by atoms with Crippen LogP contribution in [0.5, 0.6) is 0 Å². The first-order chi connectivity index (χ1) is 8.09. The quantitative estimate of drug-likeness (QED) is 0.864. The number of ketones is 1. The summed E-state index contributed by atoms with van der Waals surface area (Å²) in [6.07, 6.45) is 4.35. The molecule has 0 amide bonds. The Bertz CT molecular complexity index is 414. The number of hydrogen-bond donors (Lipinski definition) is 1. The van der Waals surface area contributed by atoms with Gasteiger partial charge in [0.2, 0.25) is 0 Å². The van der Waals surface area contributed by atoms with E-state index >= 15 is 0 Å². The van der Waals surface area contributed by atoms with Gasteiger partial charge in [-0.1, -0.05) is 19.9 Å². The minimum Gasteiger partial charge on any atom is -0.321 e. The zero-order valence-corrected chi connectivity index (χ0v) is 10.5. The Morgan fingerprint density at radius 1 is 1.59 bits per heavy atom. The van der Waals surface area contributed by atoms with Gasteiger partial charge in [-0.15, -0.1) is 0 Å². The molecule has 0 saturated heterocycles. The second-order valence-corrected chi connectivity index (χ2v) is 5.28. The molecule has 0 fully saturated rings. The van der Waals surface area contributed by atoms with E-state index < -0.39 is 0 Å². The molecule has 92 valence electrons. The fourth-order valence-electron chi connectivity index (χ4n) is 2.57. The lowest BCUT2D eigenvalue weighted by Crippen LogP contribution is -2.35. The fourth-order valence-corrected chi connectivity index (χ4v) is 2.57. The van der Waals surface area contributed by atoms with Crippen molar-refractivity contribution >= 4 is 5.78 Å². The van der Waals surface area contributed by atoms with Crippen LogP contribution in [-0.4, -0.2) is 16.8 Å². The van der Waals surface area contributed by atoms with Gasteiger partial charge in [0.05, 0.1) is 17.7 Å². The molecule has 0 bridgehead atoms. The van der Waals surface area contributed by atoms with E-state index in [1.807, 2.05) is 6.07 Å². The van der Waals surface area contributed by atoms with Gasteiger partial charge in [0.1, 0.15) is 0 Å². The minimum absolute atomic E-state index is 0.0695. The highest BCUT2D eigenvalue weighted by atomic mass is 16.1. The second-order valence-electron chi connectivity index (χ2n) is 5.28. The van der Waals surface area contributed by atoms with E-state index in [1.165, 1.54) is 5.56 Å². The Kier molecular flexibility index (Phi) is 3.57. The first kappa shape index (κ1) is 12.2. The summed E-state index contributed by atoms with van der Waals surface area (Å²) in [6.45, 7) is 4.18. The van der Waals surface area contributed by atoms with Crippen LogP contribution in [0.15, 0.2) is 18.3 Å². The molecule has 3 heteroatoms. The molecule has 1 aliphatic carbocycles. The van der Waals surface area contributed by atoms with Crippen molar-refractivity contribution < 1.29 is 4.79 Å². The van der Waals surface area contributed by atoms with E-state index in [9.17, 15) is 4.79 Å². The molecule has 1 aliphatic rings. The van der Waals surface area contributed by atoms with Crippen molar-refractivity contribution in [3.63, 3.8) is 0 Å². The number of nitrogens with zero attached hydrogens (tertiary/aromatic N) is 1. The molecule has 3 nitrogen and oxygen atoms in total. The number of carbonyl (C=O) groups excluding carboxylic acids is 1. The van der Waals surface area contributed by atoms with Crippen molar-refractivity contribution in [2.24, 2.45) is 11.7 Å². The largest absolute Gasteiger partial charge is 0.321 e. The van der Waals surface area contributed by atoms with Gasteiger partial charge in [-0.25, -0.2) is 0 Å². The Hall–Kier alpha value is -1.22. The maximum atomic E-state index is 12.3. The Labute approximate surface area is 102 Å². The van der Waals surface area contributed by atoms with Crippen LogP contribution < -0.4 is 5.73 Å². The summed E-state index contributed by atoms with van der Waals surface area (Å²) in [7, 11) is 0. The predicted octanol–water partition coefficient (Wildman–Crippen LogP) is 2.05. The zero-order valence-electron chi connectivity index (χ0n) is 10.5. The number of carbonyl (C=O) groups is 1. The molecule has 0 aliphatic heterocycles. The Morgan fingerprint density at radius 3 is 3.06 bits per heavy atom. The summed E-state index contributed by atoms with van der Waals surface area (Å²) in [4.78, 5) is 16.6. The molecule has 17 heavy (non-hydrogen) atoms. The van der Waals surface area contributed by atoms with Crippen LogP contribution in [0.3, 0.4) is 0 Å². The third-order valence-corrected chi connectivity index (χ3v) is 3.39. The fraction of sp³-hybridized carbons (Fsp3) is 0.571. The summed E-state index contributed by atoms with van der Waals surface area (Å²) in [5.41, 5.74) is 8.14. The van der Waals surface area contributed by atoms with Gasteiger partial charge >= 0.3 is 0 Å². The number of fused-ring (bicyclic) bond motifs is 1. The number of aromatic nitrogens is 1. The zero-order chi connectivity index (χ0) is 12.4. The number of aryl methyl sites for hydroxylation is 1. The molecule has 2 rings (SSSR count). The summed E-state index contributed by atoms with van der Waals surface area (Å²) in [5.74, 6) is 0.551. The van der Waals surface area contributed by atoms with Crippen molar-refractivity contribution in [2.45, 2.75) is 45.1 Å². The highest BCUT2D eigenvalue weighted by Crippen LogP contribution is 2.32. The monoisotopic (exact) mass is 232 g/mol. The molecule has 0 spiro atoms. The molecule has 0 radical (unpaired) electrons. The van der Waals surface area contributed by atoms with Crippen molar-refractivity contribution in [1.82, 2.24) is 4.98 Å². The average Bonchev–Trinajstić information content (AvgIpc) is 2.70. The van der Waals surface area contributed by atoms with Crippen LogP contribution in [0, 0.1) is 5.92 Å². The number of rotatable bonds is 4. The van der Waals surface area contributed by atoms with E-state index in [2.05, 4.69) is 24.9 Å². The van der Waals surface area contributed by atoms with Crippen molar-refractivity contribution in [1.29, 1.82) is 0 Å². The van der Waals surface area contributed by atoms with Gasteiger partial charge in [-0.2, -0.15) is 0 Å². The van der Waals surface area contributed by atoms with Crippen molar-refractivity contribution in [3.05, 3.63) is 29.6 Å². The van der Waals surface area contributed by atoms with Crippen LogP contribution in [-0.2, 0) is 11.2 Å². The van der Waals surface area contributed by atoms with E-state index in [4.69, 9.17) is 5.73 Å². The topological polar surface area (TPSA) is 56.0 Å². The highest BCUT2D eigenvalue weighted by Gasteiger charge is 2.32. The molecule has 0 aromatic carbocycles. The lowest BCUT2D eigenvalue weighted by Gasteiger charge is -2.17. The summed E-state index contributed by atoms with van der Waals surface area (Å²) in [5, 5.41) is 0. The van der Waals surface area contributed by atoms with Gasteiger partial charge in [-0.3, -0.25) is 9.78 Å². The first-order valence-electron chi connectivity index (χ1n) is 6.32. The number of pyridine rings is 1. The second kappa shape index (κ2) is 4.96. The maximum Gasteiger partial charge on any atom is 0.158 e. The third kappa shape index (κ3) is 2.55. The van der Waals surface area contributed by atoms with Crippen molar-refractivity contribution in [3.8, 4) is 0 Å². The minimum atomic E-state index is -0.340. The van der Waals surface area contributed by atoms with Crippen molar-refractivity contribution in [2.75, 3.05) is 0 Å². The summed E-state index contributed by atoms with van der Waals surface area (Å²) < 4.78 is 0. The van der Waals surface area contributed by atoms with E-state index in [-0.39, 0.29) is 17.7 Å². The highest BCUT2D eigenvalue weighted by molar-refractivity contribution is 5.90. The van der Waals surface area contributed by atoms with Gasteiger partial charge in [-0.05, 0) is 36.8 Å². The summed E-state index contributed by atoms with van der Waals surface area (Å²) >= 11 is 0. The van der Waals surface area contributed by atoms with Gasteiger partial charge in [0.15, 0.2) is 5.78 Å². The van der Waals surface area contributed by atoms with E-state index in [0.717, 1.165) is 25.0 Å². The third-order valence-electron chi connectivity index (χ3n) is 3.39. The van der Waals surface area contributed by atoms with Crippen LogP contribution >= 0.6 is 0 Å². The Balaban J connectivity index is 2.12. The Morgan fingerprint density at radius 2 is 2.35 bits per heavy atom. The smallest absolute Gasteiger partial charge is 0.158 e. The molecular weight excluding hydrogens is 212 g/mol. The SMILES string of the molecule is CC(C)CC(N)C(=O)C1CCc2cccnc21. The molecule has 2 unspecified atom stereocenters. The molecule has 1 aromatic heterocycles. The molecule has 2 atom stereocenters. The standard InChI is InChI=1S/C14H20N2O/c1-9(2)8-12(15)14(17)11-6-5-10-4-3-7-16-13(10)11/h3-4,7,9,11-12H,5-6,8,15H2,1-2H3. The summed E-state index contributed by atoms with van der Waals surface area (Å²) in [6, 6.07) is 3.65. The number of hydrogen-bond acceptors (Lipinski definition) is 3. The van der Waals surface area contributed by atoms with Gasteiger partial charge in [0, 0.05) is 6.20 Å². The number of Topliss-reactive ketones (excluding diaryl/α,β-unsaturated/α-hetero) is 1. The first-order valence-corrected chi connectivity index (χ1v) is 6.32. The molecule has 1 heterocycles. The van der Waals surface area contributed by atoms with E-state index in [0.29, 0.717) is 5.92 Å². The predicted molar refractivity (Wildman–Crippen MR) is 67.7 cm³/mol. The lowest BCUT2D eigenvalue weighted by molar-refractivity contribution is -0.122. The van der Waals surface area contributed by atoms with Crippen LogP contribution in [0.2, 0.25) is 0 Å². The maximum absolute atomic E-state index is 12.3. The number of nitrogens with two attached hydrogens (primary N) is 1. The normalized spacial score (nSPS) is 20.4. The molecule has 1 aromatic rings. The lowest BCUT2D eigenvalue weighted by atomic mass is 9.91. The van der Waals surface area contributed by atoms with Gasteiger partial charge in [0.25, 0.3) is 0 Å². The van der Waals surface area contributed by atoms with Crippen LogP contribution in [0.4, 0.5) is 0 Å². The van der Waals surface area contributed by atoms with Gasteiger partial charge < -0.3 is 5.73 Å². The van der Waals surface area contributed by atoms with Crippen LogP contribution in [0.25, 0.3) is 0 Å². The van der Waals surface area contributed by atoms with Crippen LogP contribution in [0.1, 0.15) is 43.9 Å². The molecule has 2 N–H and O–H groups in total. The van der Waals surface area contributed by atoms with E-state index in [1.54, 1.807) is 6.20 Å². The molecular formula is C14H20N2O.